The third-order valence-electron chi connectivity index (χ3n) is 4.95. The molecule has 1 saturated heterocycles. The quantitative estimate of drug-likeness (QED) is 0.713. The summed E-state index contributed by atoms with van der Waals surface area (Å²) in [6.07, 6.45) is 4.49. The van der Waals surface area contributed by atoms with Crippen LogP contribution in [0.3, 0.4) is 0 Å². The zero-order chi connectivity index (χ0) is 20.5. The Hall–Kier alpha value is -2.32. The molecule has 8 heteroatoms. The van der Waals surface area contributed by atoms with E-state index >= 15 is 0 Å². The van der Waals surface area contributed by atoms with Gasteiger partial charge >= 0.3 is 0 Å². The highest BCUT2D eigenvalue weighted by Gasteiger charge is 2.25. The standard InChI is InChI=1S/C20H26N2O5S/c1-5-26-18-12-19-17(15(3)13-27-19)11-16(18)14(2)10-20(23)21-6-8-22(9-7-21)28(4,24)25/h10-13H,5-9H2,1-4H3/b14-10+. The number of benzene rings is 1. The molecule has 0 radical (unpaired) electrons. The maximum absolute atomic E-state index is 12.7. The highest BCUT2D eigenvalue weighted by molar-refractivity contribution is 7.88. The van der Waals surface area contributed by atoms with E-state index in [1.54, 1.807) is 17.2 Å². The minimum absolute atomic E-state index is 0.128. The number of ether oxygens (including phenoxy) is 1. The van der Waals surface area contributed by atoms with Crippen LogP contribution < -0.4 is 4.74 Å². The SMILES string of the molecule is CCOc1cc2occ(C)c2cc1/C(C)=C/C(=O)N1CCN(S(C)(=O)=O)CC1. The van der Waals surface area contributed by atoms with E-state index in [-0.39, 0.29) is 5.91 Å². The van der Waals surface area contributed by atoms with Crippen LogP contribution in [0.5, 0.6) is 5.75 Å². The lowest BCUT2D eigenvalue weighted by molar-refractivity contribution is -0.127. The summed E-state index contributed by atoms with van der Waals surface area (Å²) < 4.78 is 36.0. The maximum Gasteiger partial charge on any atom is 0.246 e. The summed E-state index contributed by atoms with van der Waals surface area (Å²) in [5.74, 6) is 0.546. The first-order valence-electron chi connectivity index (χ1n) is 9.28. The first-order chi connectivity index (χ1) is 13.2. The van der Waals surface area contributed by atoms with Crippen LogP contribution in [-0.2, 0) is 14.8 Å². The highest BCUT2D eigenvalue weighted by Crippen LogP contribution is 2.33. The van der Waals surface area contributed by atoms with E-state index in [1.807, 2.05) is 32.9 Å². The van der Waals surface area contributed by atoms with Crippen molar-refractivity contribution in [1.29, 1.82) is 0 Å². The second-order valence-electron chi connectivity index (χ2n) is 7.01. The highest BCUT2D eigenvalue weighted by atomic mass is 32.2. The number of aryl methyl sites for hydroxylation is 1. The number of sulfonamides is 1. The van der Waals surface area contributed by atoms with E-state index in [0.29, 0.717) is 38.5 Å². The van der Waals surface area contributed by atoms with E-state index in [4.69, 9.17) is 9.15 Å². The van der Waals surface area contributed by atoms with Crippen molar-refractivity contribution in [3.63, 3.8) is 0 Å². The molecule has 1 fully saturated rings. The van der Waals surface area contributed by atoms with Crippen molar-refractivity contribution in [3.8, 4) is 5.75 Å². The Morgan fingerprint density at radius 1 is 1.25 bits per heavy atom. The van der Waals surface area contributed by atoms with E-state index in [9.17, 15) is 13.2 Å². The first kappa shape index (κ1) is 20.4. The van der Waals surface area contributed by atoms with Gasteiger partial charge in [0.05, 0.1) is 19.1 Å². The molecule has 3 rings (SSSR count). The molecule has 0 saturated carbocycles. The number of hydrogen-bond donors (Lipinski definition) is 0. The summed E-state index contributed by atoms with van der Waals surface area (Å²) in [6, 6.07) is 3.84. The fraction of sp³-hybridized carbons (Fsp3) is 0.450. The maximum atomic E-state index is 12.7. The molecule has 0 spiro atoms. The molecule has 0 bridgehead atoms. The second kappa shape index (κ2) is 7.97. The summed E-state index contributed by atoms with van der Waals surface area (Å²) >= 11 is 0. The Labute approximate surface area is 165 Å². The topological polar surface area (TPSA) is 80.1 Å². The zero-order valence-corrected chi connectivity index (χ0v) is 17.5. The zero-order valence-electron chi connectivity index (χ0n) is 16.7. The fourth-order valence-corrected chi connectivity index (χ4v) is 4.19. The molecule has 1 aliphatic heterocycles. The first-order valence-corrected chi connectivity index (χ1v) is 11.1. The van der Waals surface area contributed by atoms with Crippen LogP contribution in [0.25, 0.3) is 16.5 Å². The van der Waals surface area contributed by atoms with Crippen molar-refractivity contribution in [1.82, 2.24) is 9.21 Å². The molecule has 0 N–H and O–H groups in total. The minimum Gasteiger partial charge on any atom is -0.493 e. The molecule has 1 aliphatic rings. The van der Waals surface area contributed by atoms with Crippen molar-refractivity contribution in [2.45, 2.75) is 20.8 Å². The van der Waals surface area contributed by atoms with E-state index in [0.717, 1.165) is 27.7 Å². The number of rotatable bonds is 5. The summed E-state index contributed by atoms with van der Waals surface area (Å²) in [6.45, 7) is 7.68. The van der Waals surface area contributed by atoms with Gasteiger partial charge in [0.2, 0.25) is 15.9 Å². The van der Waals surface area contributed by atoms with E-state index in [2.05, 4.69) is 0 Å². The number of carbonyl (C=O) groups excluding carboxylic acids is 1. The fourth-order valence-electron chi connectivity index (χ4n) is 3.36. The van der Waals surface area contributed by atoms with Gasteiger partial charge in [0.25, 0.3) is 0 Å². The second-order valence-corrected chi connectivity index (χ2v) is 8.99. The van der Waals surface area contributed by atoms with Gasteiger partial charge in [-0.2, -0.15) is 4.31 Å². The average Bonchev–Trinajstić information content (AvgIpc) is 3.00. The normalized spacial score (nSPS) is 16.6. The third kappa shape index (κ3) is 4.23. The minimum atomic E-state index is -3.22. The Morgan fingerprint density at radius 3 is 2.54 bits per heavy atom. The number of amides is 1. The Bertz CT molecular complexity index is 1010. The molecule has 1 aromatic carbocycles. The molecule has 1 amide bonds. The van der Waals surface area contributed by atoms with Crippen molar-refractivity contribution >= 4 is 32.5 Å². The van der Waals surface area contributed by atoms with Crippen LogP contribution >= 0.6 is 0 Å². The Kier molecular flexibility index (Phi) is 5.81. The smallest absolute Gasteiger partial charge is 0.246 e. The summed E-state index contributed by atoms with van der Waals surface area (Å²) in [4.78, 5) is 14.4. The number of allylic oxidation sites excluding steroid dienone is 1. The molecular weight excluding hydrogens is 380 g/mol. The third-order valence-corrected chi connectivity index (χ3v) is 6.26. The Balaban J connectivity index is 1.83. The van der Waals surface area contributed by atoms with Crippen LogP contribution in [0.4, 0.5) is 0 Å². The van der Waals surface area contributed by atoms with Crippen molar-refractivity contribution in [2.24, 2.45) is 0 Å². The molecule has 2 aromatic rings. The molecule has 0 aliphatic carbocycles. The van der Waals surface area contributed by atoms with Gasteiger partial charge in [0.15, 0.2) is 0 Å². The molecule has 28 heavy (non-hydrogen) atoms. The molecule has 7 nitrogen and oxygen atoms in total. The monoisotopic (exact) mass is 406 g/mol. The number of nitrogens with zero attached hydrogens (tertiary/aromatic N) is 2. The van der Waals surface area contributed by atoms with Crippen molar-refractivity contribution in [3.05, 3.63) is 35.6 Å². The van der Waals surface area contributed by atoms with Gasteiger partial charge in [-0.05, 0) is 38.0 Å². The van der Waals surface area contributed by atoms with Gasteiger partial charge in [-0.25, -0.2) is 8.42 Å². The summed E-state index contributed by atoms with van der Waals surface area (Å²) in [5.41, 5.74) is 3.42. The van der Waals surface area contributed by atoms with Gasteiger partial charge in [-0.1, -0.05) is 0 Å². The Morgan fingerprint density at radius 2 is 1.93 bits per heavy atom. The lowest BCUT2D eigenvalue weighted by atomic mass is 10.0. The number of fused-ring (bicyclic) bond motifs is 1. The number of hydrogen-bond acceptors (Lipinski definition) is 5. The summed E-state index contributed by atoms with van der Waals surface area (Å²) in [7, 11) is -3.22. The van der Waals surface area contributed by atoms with Crippen molar-refractivity contribution < 1.29 is 22.4 Å². The van der Waals surface area contributed by atoms with Gasteiger partial charge in [-0.3, -0.25) is 4.79 Å². The predicted molar refractivity (Wildman–Crippen MR) is 109 cm³/mol. The van der Waals surface area contributed by atoms with Crippen LogP contribution in [0.1, 0.15) is 25.0 Å². The van der Waals surface area contributed by atoms with Gasteiger partial charge in [0, 0.05) is 49.3 Å². The average molecular weight is 407 g/mol. The molecule has 152 valence electrons. The van der Waals surface area contributed by atoms with E-state index < -0.39 is 10.0 Å². The number of furan rings is 1. The van der Waals surface area contributed by atoms with Crippen LogP contribution in [-0.4, -0.2) is 62.6 Å². The molecule has 0 atom stereocenters. The van der Waals surface area contributed by atoms with Crippen LogP contribution in [0.15, 0.2) is 28.9 Å². The van der Waals surface area contributed by atoms with Gasteiger partial charge in [0.1, 0.15) is 11.3 Å². The van der Waals surface area contributed by atoms with Crippen molar-refractivity contribution in [2.75, 3.05) is 39.0 Å². The predicted octanol–water partition coefficient (Wildman–Crippen LogP) is 2.65. The number of piperazine rings is 1. The molecular formula is C20H26N2O5S. The largest absolute Gasteiger partial charge is 0.493 e. The van der Waals surface area contributed by atoms with Crippen LogP contribution in [0, 0.1) is 6.92 Å². The van der Waals surface area contributed by atoms with Gasteiger partial charge < -0.3 is 14.1 Å². The molecule has 0 unspecified atom stereocenters. The molecule has 1 aromatic heterocycles. The number of carbonyl (C=O) groups is 1. The van der Waals surface area contributed by atoms with Crippen LogP contribution in [0.2, 0.25) is 0 Å². The van der Waals surface area contributed by atoms with Gasteiger partial charge in [-0.15, -0.1) is 0 Å². The lowest BCUT2D eigenvalue weighted by Crippen LogP contribution is -2.49. The molecule has 2 heterocycles. The summed E-state index contributed by atoms with van der Waals surface area (Å²) in [5, 5.41) is 0.986. The lowest BCUT2D eigenvalue weighted by Gasteiger charge is -2.32. The van der Waals surface area contributed by atoms with E-state index in [1.165, 1.54) is 10.6 Å².